The van der Waals surface area contributed by atoms with Crippen molar-refractivity contribution in [3.05, 3.63) is 17.1 Å². The number of nitrogens with zero attached hydrogens (tertiary/aromatic N) is 1. The van der Waals surface area contributed by atoms with Crippen LogP contribution in [0.5, 0.6) is 0 Å². The Hall–Kier alpha value is 0.0234. The maximum atomic E-state index is 10.2. The summed E-state index contributed by atoms with van der Waals surface area (Å²) >= 11 is 4.22. The van der Waals surface area contributed by atoms with Gasteiger partial charge >= 0.3 is 25.4 Å². The zero-order valence-electron chi connectivity index (χ0n) is 8.33. The summed E-state index contributed by atoms with van der Waals surface area (Å²) in [6, 6.07) is 0. The molecular formula is C9H17NO2PRuS. The molecule has 0 aromatic rings. The van der Waals surface area contributed by atoms with E-state index in [1.807, 2.05) is 19.9 Å². The Morgan fingerprint density at radius 2 is 1.87 bits per heavy atom. The van der Waals surface area contributed by atoms with Crippen molar-refractivity contribution in [2.75, 3.05) is 6.61 Å². The van der Waals surface area contributed by atoms with Gasteiger partial charge in [-0.1, -0.05) is 24.8 Å². The molecule has 0 saturated heterocycles. The fourth-order valence-corrected chi connectivity index (χ4v) is 0.326. The van der Waals surface area contributed by atoms with E-state index < -0.39 is 0 Å². The molecule has 3 nitrogen and oxygen atoms in total. The van der Waals surface area contributed by atoms with Gasteiger partial charge in [-0.2, -0.15) is 5.96 Å². The fourth-order valence-electron chi connectivity index (χ4n) is 0.326. The Bertz CT molecular complexity index is 200. The van der Waals surface area contributed by atoms with E-state index in [0.29, 0.717) is 14.0 Å². The minimum atomic E-state index is -0.229. The van der Waals surface area contributed by atoms with Crippen LogP contribution in [0.25, 0.3) is 5.41 Å². The molecule has 0 saturated carbocycles. The predicted octanol–water partition coefficient (Wildman–Crippen LogP) is 3.14. The number of carbonyl (C=O) groups excluding carboxylic acids is 1. The van der Waals surface area contributed by atoms with E-state index in [4.69, 9.17) is 5.41 Å². The third kappa shape index (κ3) is 41.1. The minimum Gasteiger partial charge on any atom is -0.806 e. The second-order valence-corrected chi connectivity index (χ2v) is 3.38. The molecule has 1 radical (unpaired) electrons. The fraction of sp³-hybridized carbons (Fsp3) is 0.556. The number of hydrogen-bond donors (Lipinski definition) is 0. The van der Waals surface area contributed by atoms with Gasteiger partial charge in [0.2, 0.25) is 0 Å². The van der Waals surface area contributed by atoms with Gasteiger partial charge in [-0.15, -0.1) is 0 Å². The average Bonchev–Trinajstić information content (AvgIpc) is 2.03. The molecule has 0 unspecified atom stereocenters. The molecule has 0 aromatic heterocycles. The summed E-state index contributed by atoms with van der Waals surface area (Å²) in [6.45, 7) is 5.73. The second kappa shape index (κ2) is 19.6. The Morgan fingerprint density at radius 3 is 2.07 bits per heavy atom. The summed E-state index contributed by atoms with van der Waals surface area (Å²) in [7, 11) is 0.512. The Kier molecular flexibility index (Phi) is 31.7. The molecule has 0 fully saturated rings. The van der Waals surface area contributed by atoms with Gasteiger partial charge in [-0.3, -0.25) is 4.79 Å². The number of allylic oxidation sites excluding steroid dienone is 1. The topological polar surface area (TPSA) is 48.6 Å². The first kappa shape index (κ1) is 24.3. The van der Waals surface area contributed by atoms with Crippen LogP contribution < -0.4 is 0 Å². The van der Waals surface area contributed by atoms with Crippen LogP contribution in [0.2, 0.25) is 0 Å². The van der Waals surface area contributed by atoms with Crippen molar-refractivity contribution in [1.82, 2.24) is 0 Å². The van der Waals surface area contributed by atoms with E-state index in [1.165, 1.54) is 6.92 Å². The van der Waals surface area contributed by atoms with E-state index in [-0.39, 0.29) is 32.9 Å². The van der Waals surface area contributed by atoms with Crippen molar-refractivity contribution in [1.29, 1.82) is 0 Å². The van der Waals surface area contributed by atoms with Gasteiger partial charge in [-0.25, -0.2) is 0 Å². The number of rotatable bonds is 3. The molecule has 0 bridgehead atoms. The molecule has 0 atom stereocenters. The van der Waals surface area contributed by atoms with Crippen LogP contribution in [-0.2, 0) is 40.8 Å². The van der Waals surface area contributed by atoms with E-state index >= 15 is 0 Å². The number of carbonyl (C=O) groups is 1. The maximum absolute atomic E-state index is 10.2. The first-order chi connectivity index (χ1) is 6.04. The molecule has 0 N–H and O–H groups in total. The number of hydrogen-bond acceptors (Lipinski definition) is 3. The van der Waals surface area contributed by atoms with E-state index in [2.05, 4.69) is 16.5 Å². The van der Waals surface area contributed by atoms with Crippen LogP contribution in [0.15, 0.2) is 11.6 Å². The first-order valence-electron chi connectivity index (χ1n) is 3.59. The third-order valence-corrected chi connectivity index (χ3v) is 1.20. The molecule has 0 aromatic carbocycles. The van der Waals surface area contributed by atoms with Gasteiger partial charge in [0.05, 0.1) is 0 Å². The van der Waals surface area contributed by atoms with Crippen LogP contribution in [0.4, 0.5) is 0 Å². The van der Waals surface area contributed by atoms with Crippen molar-refractivity contribution >= 4 is 31.1 Å². The molecular weight excluding hydrogens is 318 g/mol. The molecule has 0 aliphatic heterocycles. The molecule has 0 heterocycles. The van der Waals surface area contributed by atoms with Crippen LogP contribution >= 0.6 is 7.36 Å². The molecule has 0 aliphatic rings. The smallest absolute Gasteiger partial charge is 0.806 e. The van der Waals surface area contributed by atoms with Crippen LogP contribution in [0.3, 0.4) is 0 Å². The molecule has 6 heteroatoms. The van der Waals surface area contributed by atoms with Crippen molar-refractivity contribution in [2.24, 2.45) is 0 Å². The Morgan fingerprint density at radius 1 is 1.47 bits per heavy atom. The summed E-state index contributed by atoms with van der Waals surface area (Å²) < 4.78 is 4.64. The molecule has 15 heavy (non-hydrogen) atoms. The van der Waals surface area contributed by atoms with E-state index in [9.17, 15) is 4.79 Å². The normalized spacial score (nSPS) is 6.87. The zero-order valence-corrected chi connectivity index (χ0v) is 11.8. The van der Waals surface area contributed by atoms with Crippen molar-refractivity contribution in [2.45, 2.75) is 28.2 Å². The predicted molar refractivity (Wildman–Crippen MR) is 66.5 cm³/mol. The van der Waals surface area contributed by atoms with Gasteiger partial charge in [0.15, 0.2) is 0 Å². The van der Waals surface area contributed by atoms with E-state index in [1.54, 1.807) is 0 Å². The first-order valence-corrected chi connectivity index (χ1v) is 5.57. The third-order valence-electron chi connectivity index (χ3n) is 0.825. The van der Waals surface area contributed by atoms with Gasteiger partial charge in [-0.05, 0) is 27.3 Å². The minimum absolute atomic E-state index is 0. The Balaban J connectivity index is -0.0000000883. The van der Waals surface area contributed by atoms with Crippen LogP contribution in [0, 0.1) is 0 Å². The molecule has 0 amide bonds. The largest absolute Gasteiger partial charge is 1.00 e. The van der Waals surface area contributed by atoms with Crippen LogP contribution in [-0.4, -0.2) is 18.5 Å². The summed E-state index contributed by atoms with van der Waals surface area (Å²) in [5.41, 5.74) is 1.16. The summed E-state index contributed by atoms with van der Waals surface area (Å²) in [4.78, 5) is 10.2. The van der Waals surface area contributed by atoms with Gasteiger partial charge in [0, 0.05) is 6.92 Å². The molecule has 0 spiro atoms. The number of ether oxygens (including phenoxy) is 1. The van der Waals surface area contributed by atoms with Gasteiger partial charge in [0.1, 0.15) is 6.61 Å². The SMILES string of the molecule is C.CC(=O)OCC=C(C)C.[N-]=CP=S.[Ru+]. The molecule has 0 rings (SSSR count). The average molecular weight is 335 g/mol. The standard InChI is InChI=1S/C7H12O2.CHNPS.CH4.Ru/c1-6(2)4-5-9-7(3)8;2-1-3-4;;/h4H,5H2,1-3H3;1H;1H4;/q;-1;;+1. The number of esters is 1. The van der Waals surface area contributed by atoms with Gasteiger partial charge < -0.3 is 10.1 Å². The van der Waals surface area contributed by atoms with Gasteiger partial charge in [0.25, 0.3) is 0 Å². The van der Waals surface area contributed by atoms with Crippen molar-refractivity contribution in [3.63, 3.8) is 0 Å². The maximum Gasteiger partial charge on any atom is 1.00 e. The van der Waals surface area contributed by atoms with E-state index in [0.717, 1.165) is 11.5 Å². The molecule has 0 aliphatic carbocycles. The summed E-state index contributed by atoms with van der Waals surface area (Å²) in [6.07, 6.45) is 1.86. The summed E-state index contributed by atoms with van der Waals surface area (Å²) in [5, 5.41) is 7.63. The Labute approximate surface area is 112 Å². The second-order valence-electron chi connectivity index (χ2n) is 2.30. The van der Waals surface area contributed by atoms with Crippen molar-refractivity contribution < 1.29 is 29.0 Å². The quantitative estimate of drug-likeness (QED) is 0.262. The molecule has 89 valence electrons. The monoisotopic (exact) mass is 336 g/mol. The van der Waals surface area contributed by atoms with Crippen LogP contribution in [0.1, 0.15) is 28.2 Å². The van der Waals surface area contributed by atoms with Crippen molar-refractivity contribution in [3.8, 4) is 0 Å². The summed E-state index contributed by atoms with van der Waals surface area (Å²) in [5.74, 6) is 0.683. The zero-order chi connectivity index (χ0) is 10.7.